The highest BCUT2D eigenvalue weighted by Gasteiger charge is 2.18. The van der Waals surface area contributed by atoms with Gasteiger partial charge in [-0.05, 0) is 0 Å². The maximum absolute atomic E-state index is 11.3. The number of carbonyl (C=O) groups is 1. The minimum Gasteiger partial charge on any atom is -0.451 e. The molecular weight excluding hydrogens is 241 g/mol. The normalized spacial score (nSPS) is 15.5. The molecule has 0 bridgehead atoms. The summed E-state index contributed by atoms with van der Waals surface area (Å²) in [6, 6.07) is 0. The lowest BCUT2D eigenvalue weighted by molar-refractivity contribution is -0.132. The first-order chi connectivity index (χ1) is 6.36. The van der Waals surface area contributed by atoms with Crippen LogP contribution in [0.15, 0.2) is 17.1 Å². The van der Waals surface area contributed by atoms with Crippen molar-refractivity contribution in [2.24, 2.45) is 0 Å². The smallest absolute Gasteiger partial charge is 0.236 e. The molecule has 1 saturated heterocycles. The summed E-state index contributed by atoms with van der Waals surface area (Å²) in [5, 5.41) is 3.01. The topological polar surface area (TPSA) is 58.4 Å². The van der Waals surface area contributed by atoms with E-state index >= 15 is 0 Å². The number of nitrogens with zero attached hydrogens (tertiary/aromatic N) is 2. The van der Waals surface area contributed by atoms with Gasteiger partial charge < -0.3 is 14.6 Å². The number of aromatic nitrogens is 1. The van der Waals surface area contributed by atoms with Crippen molar-refractivity contribution in [3.8, 4) is 0 Å². The molecule has 1 N–H and O–H groups in total. The summed E-state index contributed by atoms with van der Waals surface area (Å²) in [6.45, 7) is 2.57. The van der Waals surface area contributed by atoms with Crippen LogP contribution in [0.25, 0.3) is 0 Å². The van der Waals surface area contributed by atoms with Crippen LogP contribution in [0.5, 0.6) is 0 Å². The van der Waals surface area contributed by atoms with E-state index in [9.17, 15) is 4.79 Å². The molecule has 0 aromatic carbocycles. The van der Waals surface area contributed by atoms with E-state index in [1.807, 2.05) is 0 Å². The molecule has 1 aliphatic rings. The van der Waals surface area contributed by atoms with Crippen molar-refractivity contribution in [2.45, 2.75) is 6.54 Å². The van der Waals surface area contributed by atoms with E-state index in [0.29, 0.717) is 13.1 Å². The Morgan fingerprint density at radius 3 is 2.93 bits per heavy atom. The van der Waals surface area contributed by atoms with Crippen LogP contribution in [0.2, 0.25) is 0 Å². The molecule has 1 aromatic rings. The monoisotopic (exact) mass is 253 g/mol. The Morgan fingerprint density at radius 2 is 2.33 bits per heavy atom. The summed E-state index contributed by atoms with van der Waals surface area (Å²) in [6.07, 6.45) is 2.94. The summed E-state index contributed by atoms with van der Waals surface area (Å²) in [5.41, 5.74) is 0.801. The Labute approximate surface area is 100 Å². The first-order valence-electron chi connectivity index (χ1n) is 4.22. The number of carbonyl (C=O) groups excluding carboxylic acids is 1. The van der Waals surface area contributed by atoms with Crippen LogP contribution in [0, 0.1) is 0 Å². The summed E-state index contributed by atoms with van der Waals surface area (Å²) in [5.74, 6) is 0.120. The Hall–Kier alpha value is -0.780. The number of oxazole rings is 1. The maximum Gasteiger partial charge on any atom is 0.236 e. The van der Waals surface area contributed by atoms with E-state index in [1.54, 1.807) is 11.2 Å². The van der Waals surface area contributed by atoms with Gasteiger partial charge in [-0.15, -0.1) is 24.8 Å². The van der Waals surface area contributed by atoms with Gasteiger partial charge in [0.25, 0.3) is 0 Å². The van der Waals surface area contributed by atoms with Crippen molar-refractivity contribution in [2.75, 3.05) is 19.6 Å². The average Bonchev–Trinajstić information content (AvgIpc) is 2.61. The summed E-state index contributed by atoms with van der Waals surface area (Å²) in [4.78, 5) is 17.1. The first kappa shape index (κ1) is 14.2. The number of rotatable bonds is 2. The molecule has 86 valence electrons. The van der Waals surface area contributed by atoms with Crippen molar-refractivity contribution >= 4 is 30.7 Å². The summed E-state index contributed by atoms with van der Waals surface area (Å²) >= 11 is 0. The number of piperazine rings is 1. The third kappa shape index (κ3) is 3.70. The van der Waals surface area contributed by atoms with E-state index in [4.69, 9.17) is 4.42 Å². The molecule has 2 rings (SSSR count). The third-order valence-electron chi connectivity index (χ3n) is 2.02. The molecule has 0 saturated carbocycles. The molecular formula is C8H13Cl2N3O2. The summed E-state index contributed by atoms with van der Waals surface area (Å²) in [7, 11) is 0. The fourth-order valence-electron chi connectivity index (χ4n) is 1.32. The highest BCUT2D eigenvalue weighted by Crippen LogP contribution is 2.03. The van der Waals surface area contributed by atoms with Gasteiger partial charge in [0.2, 0.25) is 5.91 Å². The Bertz CT molecular complexity index is 292. The Balaban J connectivity index is 0.000000980. The van der Waals surface area contributed by atoms with E-state index in [2.05, 4.69) is 10.3 Å². The minimum absolute atomic E-state index is 0. The van der Waals surface area contributed by atoms with Crippen LogP contribution in [0.3, 0.4) is 0 Å². The average molecular weight is 254 g/mol. The number of hydrogen-bond donors (Lipinski definition) is 1. The second-order valence-corrected chi connectivity index (χ2v) is 2.97. The molecule has 7 heteroatoms. The molecule has 0 atom stereocenters. The number of amides is 1. The molecule has 0 aliphatic carbocycles. The maximum atomic E-state index is 11.3. The van der Waals surface area contributed by atoms with E-state index in [-0.39, 0.29) is 30.7 Å². The Kier molecular flexibility index (Phi) is 6.31. The zero-order chi connectivity index (χ0) is 9.10. The van der Waals surface area contributed by atoms with Gasteiger partial charge in [-0.3, -0.25) is 4.79 Å². The van der Waals surface area contributed by atoms with Crippen molar-refractivity contribution in [1.82, 2.24) is 15.2 Å². The van der Waals surface area contributed by atoms with Gasteiger partial charge in [-0.25, -0.2) is 4.98 Å². The minimum atomic E-state index is 0. The number of halogens is 2. The number of hydrogen-bond acceptors (Lipinski definition) is 4. The highest BCUT2D eigenvalue weighted by atomic mass is 35.5. The molecule has 15 heavy (non-hydrogen) atoms. The zero-order valence-corrected chi connectivity index (χ0v) is 9.64. The van der Waals surface area contributed by atoms with Gasteiger partial charge in [-0.1, -0.05) is 0 Å². The van der Waals surface area contributed by atoms with E-state index < -0.39 is 0 Å². The standard InChI is InChI=1S/C8H11N3O2.2ClH/c12-8-3-9-1-2-11(8)4-7-5-13-6-10-7;;/h5-6,9H,1-4H2;2*1H. The number of nitrogens with one attached hydrogen (secondary N) is 1. The molecule has 1 fully saturated rings. The van der Waals surface area contributed by atoms with Crippen molar-refractivity contribution < 1.29 is 9.21 Å². The van der Waals surface area contributed by atoms with Crippen LogP contribution in [0.1, 0.15) is 5.69 Å². The second kappa shape index (κ2) is 6.66. The van der Waals surface area contributed by atoms with Gasteiger partial charge in [0.1, 0.15) is 6.26 Å². The quantitative estimate of drug-likeness (QED) is 0.832. The van der Waals surface area contributed by atoms with Gasteiger partial charge in [-0.2, -0.15) is 0 Å². The first-order valence-corrected chi connectivity index (χ1v) is 4.22. The zero-order valence-electron chi connectivity index (χ0n) is 8.01. The third-order valence-corrected chi connectivity index (χ3v) is 2.02. The fraction of sp³-hybridized carbons (Fsp3) is 0.500. The highest BCUT2D eigenvalue weighted by molar-refractivity contribution is 5.85. The molecule has 5 nitrogen and oxygen atoms in total. The second-order valence-electron chi connectivity index (χ2n) is 2.97. The molecule has 0 spiro atoms. The lowest BCUT2D eigenvalue weighted by atomic mass is 10.3. The molecule has 1 aliphatic heterocycles. The predicted molar refractivity (Wildman–Crippen MR) is 59.3 cm³/mol. The lowest BCUT2D eigenvalue weighted by Crippen LogP contribution is -2.47. The van der Waals surface area contributed by atoms with E-state index in [0.717, 1.165) is 18.8 Å². The molecule has 1 aromatic heterocycles. The predicted octanol–water partition coefficient (Wildman–Crippen LogP) is 0.450. The molecule has 2 heterocycles. The summed E-state index contributed by atoms with van der Waals surface area (Å²) < 4.78 is 4.83. The van der Waals surface area contributed by atoms with Gasteiger partial charge in [0.15, 0.2) is 6.39 Å². The van der Waals surface area contributed by atoms with Crippen molar-refractivity contribution in [3.05, 3.63) is 18.4 Å². The lowest BCUT2D eigenvalue weighted by Gasteiger charge is -2.26. The van der Waals surface area contributed by atoms with Crippen LogP contribution >= 0.6 is 24.8 Å². The van der Waals surface area contributed by atoms with Crippen LogP contribution < -0.4 is 5.32 Å². The molecule has 1 amide bonds. The van der Waals surface area contributed by atoms with Gasteiger partial charge in [0, 0.05) is 13.1 Å². The van der Waals surface area contributed by atoms with Crippen LogP contribution in [-0.4, -0.2) is 35.4 Å². The largest absolute Gasteiger partial charge is 0.451 e. The van der Waals surface area contributed by atoms with Gasteiger partial charge in [0.05, 0.1) is 18.8 Å². The van der Waals surface area contributed by atoms with E-state index in [1.165, 1.54) is 6.39 Å². The van der Waals surface area contributed by atoms with Crippen LogP contribution in [-0.2, 0) is 11.3 Å². The van der Waals surface area contributed by atoms with Crippen molar-refractivity contribution in [3.63, 3.8) is 0 Å². The molecule has 0 unspecified atom stereocenters. The van der Waals surface area contributed by atoms with Gasteiger partial charge >= 0.3 is 0 Å². The molecule has 0 radical (unpaired) electrons. The fourth-order valence-corrected chi connectivity index (χ4v) is 1.32. The SMILES string of the molecule is Cl.Cl.O=C1CNCCN1Cc1cocn1. The van der Waals surface area contributed by atoms with Crippen molar-refractivity contribution in [1.29, 1.82) is 0 Å². The Morgan fingerprint density at radius 1 is 1.53 bits per heavy atom. The van der Waals surface area contributed by atoms with Crippen LogP contribution in [0.4, 0.5) is 0 Å².